The van der Waals surface area contributed by atoms with Crippen molar-refractivity contribution in [2.75, 3.05) is 7.11 Å². The van der Waals surface area contributed by atoms with Gasteiger partial charge in [0.2, 0.25) is 0 Å². The molecule has 0 amide bonds. The molecule has 0 atom stereocenters. The third-order valence-corrected chi connectivity index (χ3v) is 3.28. The van der Waals surface area contributed by atoms with E-state index < -0.39 is 5.97 Å². The number of nitrogens with zero attached hydrogens (tertiary/aromatic N) is 1. The summed E-state index contributed by atoms with van der Waals surface area (Å²) < 4.78 is 6.01. The fourth-order valence-electron chi connectivity index (χ4n) is 1.60. The molecule has 0 aliphatic rings. The maximum Gasteiger partial charge on any atom is 0.335 e. The Hall–Kier alpha value is -1.62. The molecular formula is C12H10BrNO3. The molecule has 0 aliphatic carbocycles. The maximum absolute atomic E-state index is 11.0. The number of ether oxygens (including phenoxy) is 1. The molecule has 2 rings (SSSR count). The van der Waals surface area contributed by atoms with Crippen LogP contribution >= 0.6 is 15.9 Å². The second-order valence-electron chi connectivity index (χ2n) is 3.61. The first-order valence-corrected chi connectivity index (χ1v) is 5.70. The third-order valence-electron chi connectivity index (χ3n) is 2.48. The monoisotopic (exact) mass is 295 g/mol. The first-order valence-electron chi connectivity index (χ1n) is 4.91. The van der Waals surface area contributed by atoms with Gasteiger partial charge in [0.25, 0.3) is 0 Å². The minimum Gasteiger partial charge on any atom is -0.494 e. The van der Waals surface area contributed by atoms with Crippen LogP contribution in [0, 0.1) is 6.92 Å². The van der Waals surface area contributed by atoms with Gasteiger partial charge in [0.15, 0.2) is 0 Å². The number of benzene rings is 1. The number of fused-ring (bicyclic) bond motifs is 1. The van der Waals surface area contributed by atoms with Gasteiger partial charge in [0.05, 0.1) is 18.4 Å². The topological polar surface area (TPSA) is 59.4 Å². The summed E-state index contributed by atoms with van der Waals surface area (Å²) in [6, 6.07) is 4.90. The minimum atomic E-state index is -0.984. The second-order valence-corrected chi connectivity index (χ2v) is 4.47. The van der Waals surface area contributed by atoms with Crippen molar-refractivity contribution in [2.24, 2.45) is 0 Å². The number of carboxylic acid groups (broad SMARTS) is 1. The van der Waals surface area contributed by atoms with E-state index in [1.54, 1.807) is 6.07 Å². The highest BCUT2D eigenvalue weighted by molar-refractivity contribution is 9.10. The quantitative estimate of drug-likeness (QED) is 0.925. The Morgan fingerprint density at radius 3 is 2.71 bits per heavy atom. The zero-order valence-corrected chi connectivity index (χ0v) is 10.9. The van der Waals surface area contributed by atoms with Crippen molar-refractivity contribution >= 4 is 32.8 Å². The minimum absolute atomic E-state index is 0.187. The van der Waals surface area contributed by atoms with Gasteiger partial charge in [-0.15, -0.1) is 0 Å². The number of halogens is 1. The van der Waals surface area contributed by atoms with Gasteiger partial charge in [0.1, 0.15) is 11.3 Å². The highest BCUT2D eigenvalue weighted by Crippen LogP contribution is 2.29. The maximum atomic E-state index is 11.0. The van der Waals surface area contributed by atoms with Gasteiger partial charge in [0, 0.05) is 9.86 Å². The molecule has 17 heavy (non-hydrogen) atoms. The van der Waals surface area contributed by atoms with Crippen molar-refractivity contribution in [1.29, 1.82) is 0 Å². The molecule has 1 N–H and O–H groups in total. The number of aryl methyl sites for hydroxylation is 1. The van der Waals surface area contributed by atoms with Crippen LogP contribution in [0.1, 0.15) is 16.1 Å². The Labute approximate surface area is 106 Å². The SMILES string of the molecule is COc1cc(C(=O)O)cc2cc(Br)c(C)nc12. The number of hydrogen-bond acceptors (Lipinski definition) is 3. The highest BCUT2D eigenvalue weighted by atomic mass is 79.9. The molecule has 0 spiro atoms. The smallest absolute Gasteiger partial charge is 0.335 e. The molecule has 0 fully saturated rings. The van der Waals surface area contributed by atoms with Crippen LogP contribution in [0.5, 0.6) is 5.75 Å². The van der Waals surface area contributed by atoms with E-state index in [-0.39, 0.29) is 5.56 Å². The van der Waals surface area contributed by atoms with Crippen molar-refractivity contribution in [2.45, 2.75) is 6.92 Å². The van der Waals surface area contributed by atoms with Crippen molar-refractivity contribution in [3.63, 3.8) is 0 Å². The molecule has 0 radical (unpaired) electrons. The molecule has 4 nitrogen and oxygen atoms in total. The van der Waals surface area contributed by atoms with E-state index in [1.807, 2.05) is 13.0 Å². The third kappa shape index (κ3) is 2.10. The predicted molar refractivity (Wildman–Crippen MR) is 67.7 cm³/mol. The lowest BCUT2D eigenvalue weighted by Crippen LogP contribution is -1.99. The van der Waals surface area contributed by atoms with Crippen LogP contribution in [0.3, 0.4) is 0 Å². The zero-order valence-electron chi connectivity index (χ0n) is 9.32. The first kappa shape index (κ1) is 11.9. The van der Waals surface area contributed by atoms with Gasteiger partial charge in [-0.05, 0) is 41.1 Å². The number of pyridine rings is 1. The van der Waals surface area contributed by atoms with Crippen molar-refractivity contribution in [3.05, 3.63) is 33.9 Å². The van der Waals surface area contributed by atoms with Crippen molar-refractivity contribution in [3.8, 4) is 5.75 Å². The van der Waals surface area contributed by atoms with Crippen molar-refractivity contribution < 1.29 is 14.6 Å². The van der Waals surface area contributed by atoms with Gasteiger partial charge in [-0.3, -0.25) is 0 Å². The molecule has 5 heteroatoms. The summed E-state index contributed by atoms with van der Waals surface area (Å²) in [7, 11) is 1.50. The predicted octanol–water partition coefficient (Wildman–Crippen LogP) is 3.01. The van der Waals surface area contributed by atoms with Gasteiger partial charge >= 0.3 is 5.97 Å². The van der Waals surface area contributed by atoms with Crippen molar-refractivity contribution in [1.82, 2.24) is 4.98 Å². The van der Waals surface area contributed by atoms with E-state index >= 15 is 0 Å². The molecular weight excluding hydrogens is 286 g/mol. The summed E-state index contributed by atoms with van der Waals surface area (Å²) in [6.07, 6.45) is 0. The summed E-state index contributed by atoms with van der Waals surface area (Å²) >= 11 is 3.37. The van der Waals surface area contributed by atoms with E-state index in [0.29, 0.717) is 11.3 Å². The molecule has 1 aromatic carbocycles. The zero-order chi connectivity index (χ0) is 12.6. The number of carbonyl (C=O) groups is 1. The van der Waals surface area contributed by atoms with Crippen LogP contribution in [-0.2, 0) is 0 Å². The van der Waals surface area contributed by atoms with Gasteiger partial charge in [-0.2, -0.15) is 0 Å². The number of aromatic nitrogens is 1. The first-order chi connectivity index (χ1) is 8.02. The standard InChI is InChI=1S/C12H10BrNO3/c1-6-9(13)4-7-3-8(12(15)16)5-10(17-2)11(7)14-6/h3-5H,1-2H3,(H,15,16). The molecule has 0 bridgehead atoms. The van der Waals surface area contributed by atoms with E-state index in [1.165, 1.54) is 13.2 Å². The van der Waals surface area contributed by atoms with Crippen LogP contribution in [0.4, 0.5) is 0 Å². The second kappa shape index (κ2) is 4.33. The molecule has 1 heterocycles. The number of aromatic carboxylic acids is 1. The normalized spacial score (nSPS) is 10.5. The Kier molecular flexibility index (Phi) is 3.02. The van der Waals surface area contributed by atoms with Crippen LogP contribution in [0.15, 0.2) is 22.7 Å². The fourth-order valence-corrected chi connectivity index (χ4v) is 1.94. The Morgan fingerprint density at radius 2 is 2.12 bits per heavy atom. The highest BCUT2D eigenvalue weighted by Gasteiger charge is 2.12. The van der Waals surface area contributed by atoms with Crippen LogP contribution in [0.2, 0.25) is 0 Å². The molecule has 0 saturated carbocycles. The largest absolute Gasteiger partial charge is 0.494 e. The molecule has 0 unspecified atom stereocenters. The van der Waals surface area contributed by atoms with Crippen LogP contribution in [0.25, 0.3) is 10.9 Å². The summed E-state index contributed by atoms with van der Waals surface area (Å²) in [6.45, 7) is 1.87. The Balaban J connectivity index is 2.82. The summed E-state index contributed by atoms with van der Waals surface area (Å²) in [5.41, 5.74) is 1.68. The van der Waals surface area contributed by atoms with E-state index in [9.17, 15) is 4.79 Å². The van der Waals surface area contributed by atoms with Gasteiger partial charge in [-0.25, -0.2) is 9.78 Å². The fraction of sp³-hybridized carbons (Fsp3) is 0.167. The van der Waals surface area contributed by atoms with E-state index in [0.717, 1.165) is 15.6 Å². The molecule has 1 aromatic heterocycles. The Morgan fingerprint density at radius 1 is 1.41 bits per heavy atom. The number of carboxylic acids is 1. The molecule has 0 aliphatic heterocycles. The summed E-state index contributed by atoms with van der Waals surface area (Å²) in [5, 5.41) is 9.74. The summed E-state index contributed by atoms with van der Waals surface area (Å²) in [4.78, 5) is 15.4. The number of hydrogen-bond donors (Lipinski definition) is 1. The lowest BCUT2D eigenvalue weighted by Gasteiger charge is -2.08. The van der Waals surface area contributed by atoms with Crippen LogP contribution in [-0.4, -0.2) is 23.2 Å². The average Bonchev–Trinajstić information content (AvgIpc) is 2.29. The van der Waals surface area contributed by atoms with E-state index in [2.05, 4.69) is 20.9 Å². The van der Waals surface area contributed by atoms with Crippen LogP contribution < -0.4 is 4.74 Å². The molecule has 0 saturated heterocycles. The molecule has 2 aromatic rings. The molecule has 88 valence electrons. The summed E-state index contributed by atoms with van der Waals surface area (Å²) in [5.74, 6) is -0.516. The van der Waals surface area contributed by atoms with Gasteiger partial charge < -0.3 is 9.84 Å². The number of rotatable bonds is 2. The Bertz CT molecular complexity index is 610. The average molecular weight is 296 g/mol. The van der Waals surface area contributed by atoms with E-state index in [4.69, 9.17) is 9.84 Å². The lowest BCUT2D eigenvalue weighted by atomic mass is 10.1. The van der Waals surface area contributed by atoms with Gasteiger partial charge in [-0.1, -0.05) is 0 Å². The number of methoxy groups -OCH3 is 1. The lowest BCUT2D eigenvalue weighted by molar-refractivity contribution is 0.0696.